The Hall–Kier alpha value is -1.83. The van der Waals surface area contributed by atoms with Crippen molar-refractivity contribution >= 4 is 0 Å². The van der Waals surface area contributed by atoms with E-state index in [1.165, 1.54) is 0 Å². The van der Waals surface area contributed by atoms with Crippen molar-refractivity contribution in [2.75, 3.05) is 26.2 Å². The summed E-state index contributed by atoms with van der Waals surface area (Å²) in [5.41, 5.74) is 0.736. The van der Waals surface area contributed by atoms with Gasteiger partial charge in [-0.25, -0.2) is 0 Å². The number of rotatable bonds is 4. The third kappa shape index (κ3) is 4.05. The molecule has 2 aliphatic rings. The van der Waals surface area contributed by atoms with E-state index in [9.17, 15) is 5.11 Å². The van der Waals surface area contributed by atoms with Gasteiger partial charge in [0.25, 0.3) is 0 Å². The Labute approximate surface area is 147 Å². The van der Waals surface area contributed by atoms with Crippen LogP contribution >= 0.6 is 0 Å². The van der Waals surface area contributed by atoms with Crippen LogP contribution in [0.5, 0.6) is 0 Å². The summed E-state index contributed by atoms with van der Waals surface area (Å²) in [6, 6.07) is 6.27. The Bertz CT molecular complexity index is 669. The Morgan fingerprint density at radius 3 is 2.80 bits per heavy atom. The lowest BCUT2D eigenvalue weighted by Gasteiger charge is -2.41. The minimum atomic E-state index is -0.143. The number of likely N-dealkylation sites (tertiary alicyclic amines) is 2. The second-order valence-corrected chi connectivity index (χ2v) is 7.03. The van der Waals surface area contributed by atoms with Crippen LogP contribution in [0, 0.1) is 0 Å². The molecule has 4 heterocycles. The number of hydrogen-bond donors (Lipinski definition) is 1. The molecular weight excluding hydrogens is 318 g/mol. The van der Waals surface area contributed by atoms with E-state index in [0.29, 0.717) is 24.3 Å². The average Bonchev–Trinajstić information content (AvgIpc) is 3.12. The van der Waals surface area contributed by atoms with Crippen molar-refractivity contribution in [2.24, 2.45) is 0 Å². The van der Waals surface area contributed by atoms with Crippen LogP contribution in [0.4, 0.5) is 0 Å². The molecule has 0 bridgehead atoms. The van der Waals surface area contributed by atoms with Crippen molar-refractivity contribution in [3.05, 3.63) is 30.3 Å². The molecule has 1 atom stereocenters. The summed E-state index contributed by atoms with van der Waals surface area (Å²) in [6.45, 7) is 4.70. The Morgan fingerprint density at radius 1 is 1.16 bits per heavy atom. The van der Waals surface area contributed by atoms with Gasteiger partial charge in [-0.15, -0.1) is 0 Å². The monoisotopic (exact) mass is 343 g/mol. The molecule has 2 aliphatic heterocycles. The van der Waals surface area contributed by atoms with Gasteiger partial charge in [-0.1, -0.05) is 11.2 Å². The highest BCUT2D eigenvalue weighted by atomic mass is 16.5. The summed E-state index contributed by atoms with van der Waals surface area (Å²) >= 11 is 0. The van der Waals surface area contributed by atoms with E-state index in [0.717, 1.165) is 57.6 Å². The number of aliphatic hydroxyl groups is 1. The normalized spacial score (nSPS) is 23.8. The van der Waals surface area contributed by atoms with Crippen molar-refractivity contribution in [1.82, 2.24) is 24.9 Å². The Balaban J connectivity index is 1.30. The minimum absolute atomic E-state index is 0.143. The third-order valence-corrected chi connectivity index (χ3v) is 5.22. The van der Waals surface area contributed by atoms with Gasteiger partial charge < -0.3 is 9.63 Å². The predicted octanol–water partition coefficient (Wildman–Crippen LogP) is 1.55. The number of nitrogens with zero attached hydrogens (tertiary/aromatic N) is 5. The topological polar surface area (TPSA) is 78.5 Å². The molecule has 134 valence electrons. The van der Waals surface area contributed by atoms with Crippen molar-refractivity contribution in [1.29, 1.82) is 0 Å². The Morgan fingerprint density at radius 2 is 2.04 bits per heavy atom. The first-order valence-corrected chi connectivity index (χ1v) is 9.16. The molecule has 2 aromatic rings. The van der Waals surface area contributed by atoms with Gasteiger partial charge in [0, 0.05) is 31.9 Å². The number of hydrogen-bond acceptors (Lipinski definition) is 7. The molecule has 4 rings (SSSR count). The van der Waals surface area contributed by atoms with Gasteiger partial charge in [0.15, 0.2) is 0 Å². The molecule has 0 aromatic carbocycles. The van der Waals surface area contributed by atoms with Crippen LogP contribution in [0.15, 0.2) is 28.9 Å². The molecule has 0 aliphatic carbocycles. The van der Waals surface area contributed by atoms with Gasteiger partial charge in [-0.05, 0) is 44.4 Å². The number of aliphatic hydroxyl groups excluding tert-OH is 1. The van der Waals surface area contributed by atoms with Gasteiger partial charge in [-0.3, -0.25) is 14.8 Å². The zero-order chi connectivity index (χ0) is 17.1. The first-order chi connectivity index (χ1) is 12.3. The molecule has 7 nitrogen and oxygen atoms in total. The molecule has 1 N–H and O–H groups in total. The maximum atomic E-state index is 9.87. The van der Waals surface area contributed by atoms with Gasteiger partial charge >= 0.3 is 0 Å². The lowest BCUT2D eigenvalue weighted by Crippen LogP contribution is -2.49. The summed E-state index contributed by atoms with van der Waals surface area (Å²) < 4.78 is 5.39. The highest BCUT2D eigenvalue weighted by Gasteiger charge is 2.28. The molecule has 0 radical (unpaired) electrons. The van der Waals surface area contributed by atoms with E-state index in [-0.39, 0.29) is 6.10 Å². The zero-order valence-corrected chi connectivity index (χ0v) is 14.4. The number of pyridine rings is 1. The maximum absolute atomic E-state index is 9.87. The first-order valence-electron chi connectivity index (χ1n) is 9.16. The van der Waals surface area contributed by atoms with E-state index in [4.69, 9.17) is 4.52 Å². The van der Waals surface area contributed by atoms with Gasteiger partial charge in [-0.2, -0.15) is 4.98 Å². The van der Waals surface area contributed by atoms with E-state index >= 15 is 0 Å². The summed E-state index contributed by atoms with van der Waals surface area (Å²) in [5, 5.41) is 13.9. The largest absolute Gasteiger partial charge is 0.392 e. The maximum Gasteiger partial charge on any atom is 0.241 e. The predicted molar refractivity (Wildman–Crippen MR) is 92.6 cm³/mol. The summed E-state index contributed by atoms with van der Waals surface area (Å²) in [5.74, 6) is 1.19. The lowest BCUT2D eigenvalue weighted by atomic mass is 9.99. The molecule has 0 amide bonds. The van der Waals surface area contributed by atoms with Crippen LogP contribution in [-0.2, 0) is 6.54 Å². The lowest BCUT2D eigenvalue weighted by molar-refractivity contribution is 0.0231. The summed E-state index contributed by atoms with van der Waals surface area (Å²) in [6.07, 6.45) is 5.91. The Kier molecular flexibility index (Phi) is 5.05. The second-order valence-electron chi connectivity index (χ2n) is 7.03. The van der Waals surface area contributed by atoms with Crippen LogP contribution in [0.1, 0.15) is 31.6 Å². The SMILES string of the molecule is O[C@H]1CCCN(C2CCN(Cc3nc(-c4ccccn4)no3)CC2)C1. The summed E-state index contributed by atoms with van der Waals surface area (Å²) in [7, 11) is 0. The zero-order valence-electron chi connectivity index (χ0n) is 14.4. The molecular formula is C18H25N5O2. The van der Waals surface area contributed by atoms with E-state index in [2.05, 4.69) is 24.9 Å². The van der Waals surface area contributed by atoms with Crippen LogP contribution in [0.2, 0.25) is 0 Å². The fourth-order valence-electron chi connectivity index (χ4n) is 3.87. The van der Waals surface area contributed by atoms with Crippen LogP contribution in [0.25, 0.3) is 11.5 Å². The van der Waals surface area contributed by atoms with Crippen molar-refractivity contribution in [2.45, 2.75) is 44.4 Å². The van der Waals surface area contributed by atoms with Crippen LogP contribution in [-0.4, -0.2) is 68.4 Å². The highest BCUT2D eigenvalue weighted by Crippen LogP contribution is 2.22. The van der Waals surface area contributed by atoms with Gasteiger partial charge in [0.05, 0.1) is 12.6 Å². The summed E-state index contributed by atoms with van der Waals surface area (Å²) in [4.78, 5) is 13.6. The smallest absolute Gasteiger partial charge is 0.241 e. The van der Waals surface area contributed by atoms with E-state index in [1.54, 1.807) is 6.20 Å². The minimum Gasteiger partial charge on any atom is -0.392 e. The molecule has 25 heavy (non-hydrogen) atoms. The standard InChI is InChI=1S/C18H25N5O2/c24-15-4-3-9-23(12-15)14-6-10-22(11-7-14)13-17-20-18(21-25-17)16-5-1-2-8-19-16/h1-2,5,8,14-15,24H,3-4,6-7,9-13H2/t15-/m0/s1. The molecule has 0 saturated carbocycles. The molecule has 7 heteroatoms. The highest BCUT2D eigenvalue weighted by molar-refractivity contribution is 5.46. The van der Waals surface area contributed by atoms with Crippen molar-refractivity contribution in [3.8, 4) is 11.5 Å². The molecule has 2 aromatic heterocycles. The number of aromatic nitrogens is 3. The van der Waals surface area contributed by atoms with E-state index in [1.807, 2.05) is 18.2 Å². The van der Waals surface area contributed by atoms with Crippen molar-refractivity contribution in [3.63, 3.8) is 0 Å². The molecule has 2 fully saturated rings. The molecule has 0 spiro atoms. The number of piperidine rings is 2. The van der Waals surface area contributed by atoms with E-state index < -0.39 is 0 Å². The molecule has 2 saturated heterocycles. The first kappa shape index (κ1) is 16.6. The van der Waals surface area contributed by atoms with Gasteiger partial charge in [0.2, 0.25) is 11.7 Å². The third-order valence-electron chi connectivity index (χ3n) is 5.22. The van der Waals surface area contributed by atoms with Crippen LogP contribution in [0.3, 0.4) is 0 Å². The average molecular weight is 343 g/mol. The fraction of sp³-hybridized carbons (Fsp3) is 0.611. The number of β-amino-alcohol motifs (C(OH)–C–C–N with tert-alkyl or cyclic N) is 1. The van der Waals surface area contributed by atoms with Crippen molar-refractivity contribution < 1.29 is 9.63 Å². The quantitative estimate of drug-likeness (QED) is 0.902. The second kappa shape index (κ2) is 7.59. The fourth-order valence-corrected chi connectivity index (χ4v) is 3.87. The van der Waals surface area contributed by atoms with Crippen LogP contribution < -0.4 is 0 Å². The van der Waals surface area contributed by atoms with Gasteiger partial charge in [0.1, 0.15) is 5.69 Å². The molecule has 0 unspecified atom stereocenters.